The van der Waals surface area contributed by atoms with Gasteiger partial charge in [0.2, 0.25) is 0 Å². The number of carbonyl (C=O) groups excluding carboxylic acids is 1. The molecule has 0 atom stereocenters. The van der Waals surface area contributed by atoms with E-state index >= 15 is 0 Å². The molecule has 0 heterocycles. The minimum Gasteiger partial charge on any atom is -0.490 e. The first kappa shape index (κ1) is 22.3. The van der Waals surface area contributed by atoms with Crippen molar-refractivity contribution in [3.8, 4) is 17.6 Å². The summed E-state index contributed by atoms with van der Waals surface area (Å²) in [4.78, 5) is 12.7. The molecule has 0 spiro atoms. The van der Waals surface area contributed by atoms with Crippen LogP contribution in [0.1, 0.15) is 23.6 Å². The van der Waals surface area contributed by atoms with Crippen LogP contribution in [-0.2, 0) is 4.79 Å². The Morgan fingerprint density at radius 3 is 2.55 bits per heavy atom. The molecule has 0 aromatic heterocycles. The second-order valence-corrected chi connectivity index (χ2v) is 7.11. The number of nitriles is 1. The normalized spacial score (nSPS) is 10.8. The van der Waals surface area contributed by atoms with Crippen molar-refractivity contribution in [3.05, 3.63) is 69.7 Å². The zero-order chi connectivity index (χ0) is 21.4. The van der Waals surface area contributed by atoms with Gasteiger partial charge < -0.3 is 14.8 Å². The molecule has 0 fully saturated rings. The van der Waals surface area contributed by atoms with Crippen LogP contribution < -0.4 is 14.8 Å². The summed E-state index contributed by atoms with van der Waals surface area (Å²) in [7, 11) is 0. The summed E-state index contributed by atoms with van der Waals surface area (Å²) in [6, 6.07) is 11.2. The number of carbonyl (C=O) groups is 1. The van der Waals surface area contributed by atoms with Gasteiger partial charge in [0.15, 0.2) is 11.5 Å². The highest BCUT2D eigenvalue weighted by molar-refractivity contribution is 9.10. The fraction of sp³-hybridized carbons (Fsp3) is 0.217. The van der Waals surface area contributed by atoms with Gasteiger partial charge in [0, 0.05) is 5.69 Å². The van der Waals surface area contributed by atoms with Gasteiger partial charge in [-0.2, -0.15) is 5.26 Å². The lowest BCUT2D eigenvalue weighted by molar-refractivity contribution is -0.112. The largest absolute Gasteiger partial charge is 0.490 e. The Morgan fingerprint density at radius 2 is 1.97 bits per heavy atom. The van der Waals surface area contributed by atoms with Crippen LogP contribution in [0.3, 0.4) is 0 Å². The number of benzene rings is 2. The Kier molecular flexibility index (Phi) is 8.05. The molecule has 0 aliphatic carbocycles. The number of hydrogen-bond donors (Lipinski definition) is 1. The number of amides is 1. The molecule has 0 aliphatic rings. The molecule has 2 rings (SSSR count). The van der Waals surface area contributed by atoms with Gasteiger partial charge in [-0.25, -0.2) is 0 Å². The molecule has 0 unspecified atom stereocenters. The molecule has 0 bridgehead atoms. The number of rotatable bonds is 8. The van der Waals surface area contributed by atoms with Crippen LogP contribution in [0.25, 0.3) is 6.08 Å². The van der Waals surface area contributed by atoms with E-state index in [1.54, 1.807) is 18.2 Å². The molecule has 0 saturated carbocycles. The highest BCUT2D eigenvalue weighted by atomic mass is 79.9. The Bertz CT molecular complexity index is 970. The van der Waals surface area contributed by atoms with Crippen LogP contribution in [0.5, 0.6) is 11.5 Å². The number of halogens is 1. The molecule has 0 aliphatic heterocycles. The van der Waals surface area contributed by atoms with Crippen molar-refractivity contribution < 1.29 is 14.3 Å². The fourth-order valence-electron chi connectivity index (χ4n) is 2.72. The summed E-state index contributed by atoms with van der Waals surface area (Å²) in [5.41, 5.74) is 3.20. The van der Waals surface area contributed by atoms with E-state index < -0.39 is 5.91 Å². The monoisotopic (exact) mass is 454 g/mol. The minimum absolute atomic E-state index is 0.0123. The summed E-state index contributed by atoms with van der Waals surface area (Å²) in [5.74, 6) is 0.593. The molecule has 2 aromatic rings. The third-order valence-corrected chi connectivity index (χ3v) is 4.66. The van der Waals surface area contributed by atoms with Crippen molar-refractivity contribution in [2.24, 2.45) is 0 Å². The summed E-state index contributed by atoms with van der Waals surface area (Å²) < 4.78 is 12.0. The molecule has 1 amide bonds. The average molecular weight is 455 g/mol. The van der Waals surface area contributed by atoms with Gasteiger partial charge in [-0.05, 0) is 71.6 Å². The summed E-state index contributed by atoms with van der Waals surface area (Å²) in [5, 5.41) is 12.4. The first-order valence-electron chi connectivity index (χ1n) is 9.10. The summed E-state index contributed by atoms with van der Waals surface area (Å²) in [6.45, 7) is 10.1. The van der Waals surface area contributed by atoms with E-state index in [4.69, 9.17) is 9.47 Å². The number of nitrogens with zero attached hydrogens (tertiary/aromatic N) is 1. The zero-order valence-electron chi connectivity index (χ0n) is 16.7. The molecule has 2 aromatic carbocycles. The highest BCUT2D eigenvalue weighted by Gasteiger charge is 2.15. The predicted octanol–water partition coefficient (Wildman–Crippen LogP) is 5.58. The molecule has 150 valence electrons. The smallest absolute Gasteiger partial charge is 0.266 e. The van der Waals surface area contributed by atoms with Crippen LogP contribution in [0, 0.1) is 25.2 Å². The van der Waals surface area contributed by atoms with E-state index in [1.165, 1.54) is 6.08 Å². The summed E-state index contributed by atoms with van der Waals surface area (Å²) in [6.07, 6.45) is 3.16. The molecule has 1 N–H and O–H groups in total. The van der Waals surface area contributed by atoms with E-state index in [0.717, 1.165) is 11.1 Å². The van der Waals surface area contributed by atoms with E-state index in [0.29, 0.717) is 40.4 Å². The van der Waals surface area contributed by atoms with Crippen LogP contribution >= 0.6 is 15.9 Å². The van der Waals surface area contributed by atoms with Gasteiger partial charge >= 0.3 is 0 Å². The fourth-order valence-corrected chi connectivity index (χ4v) is 3.30. The molecular formula is C23H23BrN2O3. The van der Waals surface area contributed by atoms with Gasteiger partial charge in [0.1, 0.15) is 18.2 Å². The van der Waals surface area contributed by atoms with Crippen molar-refractivity contribution in [2.45, 2.75) is 20.8 Å². The van der Waals surface area contributed by atoms with Gasteiger partial charge in [0.25, 0.3) is 5.91 Å². The first-order valence-corrected chi connectivity index (χ1v) is 9.89. The van der Waals surface area contributed by atoms with Crippen LogP contribution in [0.2, 0.25) is 0 Å². The second-order valence-electron chi connectivity index (χ2n) is 6.25. The number of nitrogens with one attached hydrogen (secondary N) is 1. The Hall–Kier alpha value is -3.04. The molecule has 29 heavy (non-hydrogen) atoms. The molecular weight excluding hydrogens is 432 g/mol. The zero-order valence-corrected chi connectivity index (χ0v) is 18.3. The van der Waals surface area contributed by atoms with Crippen LogP contribution in [-0.4, -0.2) is 19.1 Å². The van der Waals surface area contributed by atoms with Crippen LogP contribution in [0.4, 0.5) is 5.69 Å². The van der Waals surface area contributed by atoms with Crippen molar-refractivity contribution in [3.63, 3.8) is 0 Å². The lowest BCUT2D eigenvalue weighted by Crippen LogP contribution is -2.15. The topological polar surface area (TPSA) is 71.3 Å². The SMILES string of the molecule is C=CCOc1c(Br)cc(/C=C(/C#N)C(=O)Nc2c(C)cccc2C)cc1OCC. The number of ether oxygens (including phenoxy) is 2. The molecule has 0 radical (unpaired) electrons. The van der Waals surface area contributed by atoms with E-state index in [9.17, 15) is 10.1 Å². The highest BCUT2D eigenvalue weighted by Crippen LogP contribution is 2.37. The predicted molar refractivity (Wildman–Crippen MR) is 119 cm³/mol. The number of anilines is 1. The van der Waals surface area contributed by atoms with E-state index in [2.05, 4.69) is 27.8 Å². The van der Waals surface area contributed by atoms with Gasteiger partial charge in [-0.15, -0.1) is 0 Å². The van der Waals surface area contributed by atoms with Crippen molar-refractivity contribution in [2.75, 3.05) is 18.5 Å². The molecule has 0 saturated heterocycles. The third-order valence-electron chi connectivity index (χ3n) is 4.07. The Morgan fingerprint density at radius 1 is 1.28 bits per heavy atom. The second kappa shape index (κ2) is 10.5. The van der Waals surface area contributed by atoms with Gasteiger partial charge in [-0.1, -0.05) is 30.9 Å². The Labute approximate surface area is 179 Å². The van der Waals surface area contributed by atoms with Gasteiger partial charge in [-0.3, -0.25) is 4.79 Å². The average Bonchev–Trinajstić information content (AvgIpc) is 2.68. The van der Waals surface area contributed by atoms with E-state index in [1.807, 2.05) is 45.0 Å². The van der Waals surface area contributed by atoms with Crippen molar-refractivity contribution >= 4 is 33.6 Å². The van der Waals surface area contributed by atoms with Crippen molar-refractivity contribution in [1.29, 1.82) is 5.26 Å². The van der Waals surface area contributed by atoms with Crippen LogP contribution in [0.15, 0.2) is 53.0 Å². The summed E-state index contributed by atoms with van der Waals surface area (Å²) >= 11 is 3.47. The standard InChI is InChI=1S/C23H23BrN2O3/c1-5-10-29-22-19(24)12-17(13-20(22)28-6-2)11-18(14-25)23(27)26-21-15(3)8-7-9-16(21)4/h5,7-9,11-13H,1,6,10H2,2-4H3,(H,26,27)/b18-11-. The van der Waals surface area contributed by atoms with E-state index in [-0.39, 0.29) is 5.57 Å². The Balaban J connectivity index is 2.38. The maximum absolute atomic E-state index is 12.7. The third kappa shape index (κ3) is 5.72. The lowest BCUT2D eigenvalue weighted by Gasteiger charge is -2.14. The number of hydrogen-bond acceptors (Lipinski definition) is 4. The van der Waals surface area contributed by atoms with Gasteiger partial charge in [0.05, 0.1) is 11.1 Å². The number of aryl methyl sites for hydroxylation is 2. The quantitative estimate of drug-likeness (QED) is 0.321. The first-order chi connectivity index (χ1) is 13.9. The maximum Gasteiger partial charge on any atom is 0.266 e. The molecule has 6 heteroatoms. The maximum atomic E-state index is 12.7. The van der Waals surface area contributed by atoms with Crippen molar-refractivity contribution in [1.82, 2.24) is 0 Å². The number of para-hydroxylation sites is 1. The minimum atomic E-state index is -0.467. The molecule has 5 nitrogen and oxygen atoms in total. The lowest BCUT2D eigenvalue weighted by atomic mass is 10.1.